The number of allylic oxidation sites excluding steroid dienone is 1. The molecule has 0 atom stereocenters. The average molecular weight is 426 g/mol. The van der Waals surface area contributed by atoms with E-state index >= 15 is 0 Å². The predicted octanol–water partition coefficient (Wildman–Crippen LogP) is 4.86. The number of benzene rings is 3. The summed E-state index contributed by atoms with van der Waals surface area (Å²) in [5.74, 6) is 1.14. The van der Waals surface area contributed by atoms with Crippen molar-refractivity contribution in [2.45, 2.75) is 13.2 Å². The van der Waals surface area contributed by atoms with Gasteiger partial charge in [-0.3, -0.25) is 0 Å². The number of imidazole rings is 1. The fraction of sp³-hybridized carbons (Fsp3) is 0.154. The number of methoxy groups -OCH3 is 2. The summed E-state index contributed by atoms with van der Waals surface area (Å²) in [4.78, 5) is 16.7. The SMILES string of the molecule is COC(=O)c1ccc2c(c1)/C(=C/Cn1cnc3cc(OC)ccc31)c1ccccc1CO2. The lowest BCUT2D eigenvalue weighted by Crippen LogP contribution is -2.03. The third kappa shape index (κ3) is 3.50. The topological polar surface area (TPSA) is 62.6 Å². The maximum atomic E-state index is 12.2. The van der Waals surface area contributed by atoms with Crippen molar-refractivity contribution < 1.29 is 19.0 Å². The van der Waals surface area contributed by atoms with E-state index in [1.165, 1.54) is 7.11 Å². The van der Waals surface area contributed by atoms with Gasteiger partial charge in [-0.25, -0.2) is 9.78 Å². The van der Waals surface area contributed by atoms with E-state index in [4.69, 9.17) is 14.2 Å². The molecule has 0 spiro atoms. The van der Waals surface area contributed by atoms with Crippen LogP contribution in [0.25, 0.3) is 16.6 Å². The van der Waals surface area contributed by atoms with Crippen molar-refractivity contribution in [3.05, 3.63) is 95.3 Å². The number of ether oxygens (including phenoxy) is 3. The Morgan fingerprint density at radius 3 is 2.81 bits per heavy atom. The number of hydrogen-bond donors (Lipinski definition) is 0. The molecule has 0 fully saturated rings. The lowest BCUT2D eigenvalue weighted by Gasteiger charge is -2.12. The molecule has 3 aromatic carbocycles. The summed E-state index contributed by atoms with van der Waals surface area (Å²) in [5.41, 5.74) is 6.43. The summed E-state index contributed by atoms with van der Waals surface area (Å²) in [7, 11) is 3.03. The Morgan fingerprint density at radius 1 is 1.09 bits per heavy atom. The number of carbonyl (C=O) groups is 1. The molecule has 6 nitrogen and oxygen atoms in total. The second kappa shape index (κ2) is 8.23. The van der Waals surface area contributed by atoms with E-state index in [1.807, 2.05) is 48.8 Å². The van der Waals surface area contributed by atoms with E-state index in [0.29, 0.717) is 18.7 Å². The minimum atomic E-state index is -0.376. The van der Waals surface area contributed by atoms with Gasteiger partial charge in [-0.2, -0.15) is 0 Å². The Labute approximate surface area is 185 Å². The number of hydrogen-bond acceptors (Lipinski definition) is 5. The summed E-state index contributed by atoms with van der Waals surface area (Å²) in [6, 6.07) is 19.4. The van der Waals surface area contributed by atoms with Gasteiger partial charge in [0, 0.05) is 18.2 Å². The Hall–Kier alpha value is -4.06. The number of nitrogens with zero attached hydrogens (tertiary/aromatic N) is 2. The van der Waals surface area contributed by atoms with Gasteiger partial charge < -0.3 is 18.8 Å². The second-order valence-electron chi connectivity index (χ2n) is 7.52. The third-order valence-corrected chi connectivity index (χ3v) is 5.70. The first kappa shape index (κ1) is 19.9. The predicted molar refractivity (Wildman–Crippen MR) is 122 cm³/mol. The molecule has 4 aromatic rings. The fourth-order valence-corrected chi connectivity index (χ4v) is 4.05. The largest absolute Gasteiger partial charge is 0.497 e. The van der Waals surface area contributed by atoms with E-state index in [-0.39, 0.29) is 5.97 Å². The summed E-state index contributed by atoms with van der Waals surface area (Å²) >= 11 is 0. The molecular formula is C26H22N2O4. The van der Waals surface area contributed by atoms with Crippen molar-refractivity contribution in [3.8, 4) is 11.5 Å². The zero-order valence-electron chi connectivity index (χ0n) is 17.9. The summed E-state index contributed by atoms with van der Waals surface area (Å²) < 4.78 is 18.4. The smallest absolute Gasteiger partial charge is 0.337 e. The van der Waals surface area contributed by atoms with Crippen molar-refractivity contribution in [2.24, 2.45) is 0 Å². The summed E-state index contributed by atoms with van der Waals surface area (Å²) in [6.45, 7) is 1.07. The number of rotatable bonds is 4. The molecular weight excluding hydrogens is 404 g/mol. The highest BCUT2D eigenvalue weighted by atomic mass is 16.5. The first-order valence-corrected chi connectivity index (χ1v) is 10.3. The highest BCUT2D eigenvalue weighted by Crippen LogP contribution is 2.37. The third-order valence-electron chi connectivity index (χ3n) is 5.70. The summed E-state index contributed by atoms with van der Waals surface area (Å²) in [5, 5.41) is 0. The monoisotopic (exact) mass is 426 g/mol. The van der Waals surface area contributed by atoms with Gasteiger partial charge in [-0.1, -0.05) is 30.3 Å². The Balaban J connectivity index is 1.62. The number of fused-ring (bicyclic) bond motifs is 3. The molecule has 0 saturated heterocycles. The van der Waals surface area contributed by atoms with Gasteiger partial charge in [0.05, 0.1) is 37.1 Å². The van der Waals surface area contributed by atoms with Gasteiger partial charge in [-0.05, 0) is 47.0 Å². The fourth-order valence-electron chi connectivity index (χ4n) is 4.05. The van der Waals surface area contributed by atoms with Crippen LogP contribution < -0.4 is 9.47 Å². The zero-order valence-corrected chi connectivity index (χ0v) is 17.9. The van der Waals surface area contributed by atoms with E-state index in [0.717, 1.165) is 44.8 Å². The average Bonchev–Trinajstić information content (AvgIpc) is 3.17. The van der Waals surface area contributed by atoms with Crippen molar-refractivity contribution in [1.29, 1.82) is 0 Å². The zero-order chi connectivity index (χ0) is 22.1. The van der Waals surface area contributed by atoms with Crippen LogP contribution in [0.3, 0.4) is 0 Å². The van der Waals surface area contributed by atoms with Crippen molar-refractivity contribution in [2.75, 3.05) is 14.2 Å². The molecule has 0 amide bonds. The van der Waals surface area contributed by atoms with Crippen LogP contribution in [0.15, 0.2) is 73.1 Å². The Bertz CT molecular complexity index is 1350. The van der Waals surface area contributed by atoms with Gasteiger partial charge >= 0.3 is 5.97 Å². The minimum Gasteiger partial charge on any atom is -0.497 e. The number of esters is 1. The van der Waals surface area contributed by atoms with Gasteiger partial charge in [0.15, 0.2) is 0 Å². The second-order valence-corrected chi connectivity index (χ2v) is 7.52. The normalized spacial score (nSPS) is 13.8. The van der Waals surface area contributed by atoms with Crippen LogP contribution in [-0.2, 0) is 17.9 Å². The lowest BCUT2D eigenvalue weighted by molar-refractivity contribution is 0.0600. The highest BCUT2D eigenvalue weighted by Gasteiger charge is 2.21. The first-order chi connectivity index (χ1) is 15.7. The lowest BCUT2D eigenvalue weighted by atomic mass is 9.93. The van der Waals surface area contributed by atoms with E-state index in [1.54, 1.807) is 13.2 Å². The Morgan fingerprint density at radius 2 is 1.97 bits per heavy atom. The molecule has 1 aromatic heterocycles. The maximum Gasteiger partial charge on any atom is 0.337 e. The van der Waals surface area contributed by atoms with Crippen LogP contribution in [0.2, 0.25) is 0 Å². The highest BCUT2D eigenvalue weighted by molar-refractivity contribution is 5.93. The van der Waals surface area contributed by atoms with Crippen molar-refractivity contribution in [1.82, 2.24) is 9.55 Å². The molecule has 0 N–H and O–H groups in total. The molecule has 0 radical (unpaired) electrons. The molecule has 1 aliphatic heterocycles. The molecule has 1 aliphatic rings. The van der Waals surface area contributed by atoms with Gasteiger partial charge in [0.1, 0.15) is 18.1 Å². The standard InChI is InChI=1S/C26H22N2O4/c1-30-19-8-9-24-23(14-19)27-16-28(24)12-11-21-20-6-4-3-5-18(20)15-32-25-10-7-17(13-22(21)25)26(29)31-2/h3-11,13-14,16H,12,15H2,1-2H3/b21-11+. The number of aromatic nitrogens is 2. The molecule has 0 saturated carbocycles. The molecule has 32 heavy (non-hydrogen) atoms. The van der Waals surface area contributed by atoms with Gasteiger partial charge in [0.2, 0.25) is 0 Å². The molecule has 0 bridgehead atoms. The quantitative estimate of drug-likeness (QED) is 0.436. The van der Waals surface area contributed by atoms with Gasteiger partial charge in [0.25, 0.3) is 0 Å². The first-order valence-electron chi connectivity index (χ1n) is 10.3. The van der Waals surface area contributed by atoms with Crippen LogP contribution in [-0.4, -0.2) is 29.7 Å². The molecule has 0 aliphatic carbocycles. The molecule has 0 unspecified atom stereocenters. The molecule has 5 rings (SSSR count). The molecule has 6 heteroatoms. The van der Waals surface area contributed by atoms with Crippen LogP contribution >= 0.6 is 0 Å². The molecule has 160 valence electrons. The van der Waals surface area contributed by atoms with E-state index in [9.17, 15) is 4.79 Å². The minimum absolute atomic E-state index is 0.376. The van der Waals surface area contributed by atoms with E-state index in [2.05, 4.69) is 27.8 Å². The Kier molecular flexibility index (Phi) is 5.11. The van der Waals surface area contributed by atoms with E-state index < -0.39 is 0 Å². The van der Waals surface area contributed by atoms with Crippen molar-refractivity contribution >= 4 is 22.6 Å². The molecule has 2 heterocycles. The van der Waals surface area contributed by atoms with Crippen LogP contribution in [0.5, 0.6) is 11.5 Å². The number of carbonyl (C=O) groups excluding carboxylic acids is 1. The van der Waals surface area contributed by atoms with Crippen LogP contribution in [0, 0.1) is 0 Å². The van der Waals surface area contributed by atoms with Crippen LogP contribution in [0.1, 0.15) is 27.0 Å². The summed E-state index contributed by atoms with van der Waals surface area (Å²) in [6.07, 6.45) is 3.98. The van der Waals surface area contributed by atoms with Crippen LogP contribution in [0.4, 0.5) is 0 Å². The van der Waals surface area contributed by atoms with Crippen molar-refractivity contribution in [3.63, 3.8) is 0 Å². The maximum absolute atomic E-state index is 12.2. The van der Waals surface area contributed by atoms with Gasteiger partial charge in [-0.15, -0.1) is 0 Å².